The third-order valence-corrected chi connectivity index (χ3v) is 4.02. The third-order valence-electron chi connectivity index (χ3n) is 4.02. The highest BCUT2D eigenvalue weighted by Crippen LogP contribution is 2.24. The van der Waals surface area contributed by atoms with E-state index in [1.807, 2.05) is 0 Å². The highest BCUT2D eigenvalue weighted by Gasteiger charge is 2.46. The molecule has 2 N–H and O–H groups in total. The van der Waals surface area contributed by atoms with E-state index in [1.54, 1.807) is 20.8 Å². The minimum Gasteiger partial charge on any atom is -0.481 e. The molecule has 2 saturated heterocycles. The molecule has 0 aromatic rings. The van der Waals surface area contributed by atoms with Gasteiger partial charge < -0.3 is 15.3 Å². The van der Waals surface area contributed by atoms with Crippen LogP contribution in [-0.4, -0.2) is 63.9 Å². The Morgan fingerprint density at radius 2 is 1.95 bits per heavy atom. The zero-order valence-electron chi connectivity index (χ0n) is 12.3. The molecule has 2 aliphatic heterocycles. The zero-order chi connectivity index (χ0) is 15.9. The van der Waals surface area contributed by atoms with E-state index in [9.17, 15) is 19.2 Å². The van der Waals surface area contributed by atoms with Crippen LogP contribution in [0, 0.1) is 11.8 Å². The molecule has 2 aliphatic rings. The summed E-state index contributed by atoms with van der Waals surface area (Å²) >= 11 is 0. The first-order valence-corrected chi connectivity index (χ1v) is 6.78. The standard InChI is InChI=1S/C13H19N3O5/c1-7-4-15(5-8(7)10(18)19)9(17)6-16-11(20)13(2,3)14-12(16)21/h7-8H,4-6H2,1-3H3,(H,14,21)(H,18,19)/t7-,8-/m1/s1. The minimum atomic E-state index is -1.01. The van der Waals surface area contributed by atoms with Crippen molar-refractivity contribution in [2.75, 3.05) is 19.6 Å². The van der Waals surface area contributed by atoms with Crippen molar-refractivity contribution in [1.29, 1.82) is 0 Å². The van der Waals surface area contributed by atoms with Crippen LogP contribution in [0.2, 0.25) is 0 Å². The molecule has 0 spiro atoms. The Kier molecular flexibility index (Phi) is 3.65. The van der Waals surface area contributed by atoms with Crippen LogP contribution in [0.3, 0.4) is 0 Å². The summed E-state index contributed by atoms with van der Waals surface area (Å²) in [7, 11) is 0. The molecular formula is C13H19N3O5. The lowest BCUT2D eigenvalue weighted by Gasteiger charge is -2.20. The lowest BCUT2D eigenvalue weighted by atomic mass is 9.99. The SMILES string of the molecule is C[C@@H]1CN(C(=O)CN2C(=O)NC(C)(C)C2=O)C[C@H]1C(=O)O. The zero-order valence-corrected chi connectivity index (χ0v) is 12.3. The summed E-state index contributed by atoms with van der Waals surface area (Å²) < 4.78 is 0. The monoisotopic (exact) mass is 297 g/mol. The van der Waals surface area contributed by atoms with Gasteiger partial charge in [-0.3, -0.25) is 19.3 Å². The minimum absolute atomic E-state index is 0.113. The predicted molar refractivity (Wildman–Crippen MR) is 71.2 cm³/mol. The van der Waals surface area contributed by atoms with Crippen molar-refractivity contribution in [2.45, 2.75) is 26.3 Å². The van der Waals surface area contributed by atoms with E-state index < -0.39 is 35.3 Å². The van der Waals surface area contributed by atoms with Crippen LogP contribution in [0.4, 0.5) is 4.79 Å². The van der Waals surface area contributed by atoms with Crippen molar-refractivity contribution in [2.24, 2.45) is 11.8 Å². The molecule has 2 atom stereocenters. The molecule has 0 unspecified atom stereocenters. The molecule has 0 aliphatic carbocycles. The Labute approximate surface area is 122 Å². The molecule has 0 aromatic heterocycles. The third kappa shape index (κ3) is 2.70. The summed E-state index contributed by atoms with van der Waals surface area (Å²) in [6, 6.07) is -0.597. The van der Waals surface area contributed by atoms with Gasteiger partial charge in [-0.25, -0.2) is 4.79 Å². The van der Waals surface area contributed by atoms with Crippen LogP contribution in [0.15, 0.2) is 0 Å². The van der Waals surface area contributed by atoms with Crippen LogP contribution in [0.1, 0.15) is 20.8 Å². The predicted octanol–water partition coefficient (Wildman–Crippen LogP) is -0.504. The first-order valence-electron chi connectivity index (χ1n) is 6.78. The maximum absolute atomic E-state index is 12.2. The number of urea groups is 1. The van der Waals surface area contributed by atoms with Gasteiger partial charge in [0.2, 0.25) is 5.91 Å². The van der Waals surface area contributed by atoms with Gasteiger partial charge in [-0.1, -0.05) is 6.92 Å². The van der Waals surface area contributed by atoms with Gasteiger partial charge >= 0.3 is 12.0 Å². The van der Waals surface area contributed by atoms with Crippen LogP contribution in [-0.2, 0) is 14.4 Å². The number of nitrogens with zero attached hydrogens (tertiary/aromatic N) is 2. The molecule has 4 amide bonds. The normalized spacial score (nSPS) is 28.0. The summed E-state index contributed by atoms with van der Waals surface area (Å²) in [5, 5.41) is 11.6. The van der Waals surface area contributed by atoms with Gasteiger partial charge in [0, 0.05) is 13.1 Å². The number of imide groups is 1. The van der Waals surface area contributed by atoms with E-state index in [4.69, 9.17) is 5.11 Å². The fraction of sp³-hybridized carbons (Fsp3) is 0.692. The van der Waals surface area contributed by atoms with Gasteiger partial charge in [0.15, 0.2) is 0 Å². The summed E-state index contributed by atoms with van der Waals surface area (Å²) in [5.74, 6) is -2.55. The Hall–Kier alpha value is -2.12. The number of rotatable bonds is 3. The quantitative estimate of drug-likeness (QED) is 0.683. The molecule has 8 heteroatoms. The van der Waals surface area contributed by atoms with Crippen molar-refractivity contribution >= 4 is 23.8 Å². The second-order valence-electron chi connectivity index (χ2n) is 6.17. The Morgan fingerprint density at radius 1 is 1.33 bits per heavy atom. The molecule has 0 aromatic carbocycles. The maximum atomic E-state index is 12.2. The molecule has 2 rings (SSSR count). The fourth-order valence-electron chi connectivity index (χ4n) is 2.69. The van der Waals surface area contributed by atoms with E-state index >= 15 is 0 Å². The van der Waals surface area contributed by atoms with Gasteiger partial charge in [0.1, 0.15) is 12.1 Å². The summed E-state index contributed by atoms with van der Waals surface area (Å²) in [5.41, 5.74) is -1.01. The highest BCUT2D eigenvalue weighted by molar-refractivity contribution is 6.08. The van der Waals surface area contributed by atoms with E-state index in [2.05, 4.69) is 5.32 Å². The fourth-order valence-corrected chi connectivity index (χ4v) is 2.69. The maximum Gasteiger partial charge on any atom is 0.325 e. The highest BCUT2D eigenvalue weighted by atomic mass is 16.4. The summed E-state index contributed by atoms with van der Waals surface area (Å²) in [4.78, 5) is 49.2. The Balaban J connectivity index is 2.02. The van der Waals surface area contributed by atoms with E-state index in [0.29, 0.717) is 6.54 Å². The number of aliphatic carboxylic acids is 1. The van der Waals surface area contributed by atoms with Crippen molar-refractivity contribution in [1.82, 2.24) is 15.1 Å². The second-order valence-corrected chi connectivity index (χ2v) is 6.17. The second kappa shape index (κ2) is 5.01. The van der Waals surface area contributed by atoms with Crippen molar-refractivity contribution < 1.29 is 24.3 Å². The molecule has 116 valence electrons. The number of carbonyl (C=O) groups excluding carboxylic acids is 3. The van der Waals surface area contributed by atoms with E-state index in [1.165, 1.54) is 4.90 Å². The molecule has 2 heterocycles. The van der Waals surface area contributed by atoms with Crippen molar-refractivity contribution in [3.8, 4) is 0 Å². The first kappa shape index (κ1) is 15.3. The number of nitrogens with one attached hydrogen (secondary N) is 1. The average molecular weight is 297 g/mol. The molecule has 21 heavy (non-hydrogen) atoms. The number of hydrogen-bond acceptors (Lipinski definition) is 4. The lowest BCUT2D eigenvalue weighted by molar-refractivity contribution is -0.143. The van der Waals surface area contributed by atoms with E-state index in [0.717, 1.165) is 4.90 Å². The number of carboxylic acids is 1. The van der Waals surface area contributed by atoms with Gasteiger partial charge in [-0.2, -0.15) is 0 Å². The van der Waals surface area contributed by atoms with Gasteiger partial charge in [0.05, 0.1) is 5.92 Å². The molecule has 0 bridgehead atoms. The Bertz CT molecular complexity index is 516. The molecular weight excluding hydrogens is 278 g/mol. The van der Waals surface area contributed by atoms with Crippen LogP contribution in [0.25, 0.3) is 0 Å². The Morgan fingerprint density at radius 3 is 2.38 bits per heavy atom. The first-order chi connectivity index (χ1) is 9.63. The smallest absolute Gasteiger partial charge is 0.325 e. The lowest BCUT2D eigenvalue weighted by Crippen LogP contribution is -2.44. The van der Waals surface area contributed by atoms with Gasteiger partial charge in [0.25, 0.3) is 5.91 Å². The largest absolute Gasteiger partial charge is 0.481 e. The summed E-state index contributed by atoms with van der Waals surface area (Å²) in [6.45, 7) is 4.98. The topological polar surface area (TPSA) is 107 Å². The van der Waals surface area contributed by atoms with E-state index in [-0.39, 0.29) is 19.0 Å². The van der Waals surface area contributed by atoms with Gasteiger partial charge in [-0.05, 0) is 19.8 Å². The number of carboxylic acid groups (broad SMARTS) is 1. The number of carbonyl (C=O) groups is 4. The number of hydrogen-bond donors (Lipinski definition) is 2. The molecule has 2 fully saturated rings. The summed E-state index contributed by atoms with van der Waals surface area (Å²) in [6.07, 6.45) is 0. The van der Waals surface area contributed by atoms with Gasteiger partial charge in [-0.15, -0.1) is 0 Å². The molecule has 0 radical (unpaired) electrons. The van der Waals surface area contributed by atoms with Crippen LogP contribution in [0.5, 0.6) is 0 Å². The van der Waals surface area contributed by atoms with Crippen LogP contribution < -0.4 is 5.32 Å². The van der Waals surface area contributed by atoms with Crippen LogP contribution >= 0.6 is 0 Å². The van der Waals surface area contributed by atoms with Crippen molar-refractivity contribution in [3.63, 3.8) is 0 Å². The number of amides is 4. The molecule has 8 nitrogen and oxygen atoms in total. The number of likely N-dealkylation sites (tertiary alicyclic amines) is 1. The molecule has 0 saturated carbocycles. The average Bonchev–Trinajstić information content (AvgIpc) is 2.83. The van der Waals surface area contributed by atoms with Crippen molar-refractivity contribution in [3.05, 3.63) is 0 Å².